The molecule has 2 rings (SSSR count). The van der Waals surface area contributed by atoms with Crippen LogP contribution in [0.3, 0.4) is 0 Å². The summed E-state index contributed by atoms with van der Waals surface area (Å²) in [5.41, 5.74) is 9.70. The number of rotatable bonds is 8. The van der Waals surface area contributed by atoms with E-state index in [1.807, 2.05) is 0 Å². The SMILES string of the molecule is CC(=Nc1c(C(C)C)cccc1C(C)C)[CH]([Al+2])C(C)=Nc1c(C(C)C)cccc1C(C)C. The van der Waals surface area contributed by atoms with Gasteiger partial charge in [-0.05, 0) is 0 Å². The third-order valence-electron chi connectivity index (χ3n) is 6.16. The van der Waals surface area contributed by atoms with Crippen LogP contribution in [-0.4, -0.2) is 27.7 Å². The van der Waals surface area contributed by atoms with Gasteiger partial charge in [0.1, 0.15) is 0 Å². The predicted molar refractivity (Wildman–Crippen MR) is 144 cm³/mol. The average Bonchev–Trinajstić information content (AvgIpc) is 2.72. The fourth-order valence-electron chi connectivity index (χ4n) is 4.08. The van der Waals surface area contributed by atoms with Gasteiger partial charge in [-0.3, -0.25) is 0 Å². The van der Waals surface area contributed by atoms with Crippen LogP contribution >= 0.6 is 0 Å². The van der Waals surface area contributed by atoms with Crippen LogP contribution in [-0.2, 0) is 0 Å². The average molecular weight is 445 g/mol. The van der Waals surface area contributed by atoms with E-state index in [1.165, 1.54) is 22.3 Å². The molecular formula is C29H41AlN2+2. The van der Waals surface area contributed by atoms with Crippen LogP contribution < -0.4 is 0 Å². The zero-order chi connectivity index (χ0) is 24.2. The fourth-order valence-corrected chi connectivity index (χ4v) is 4.22. The van der Waals surface area contributed by atoms with Crippen molar-refractivity contribution in [2.24, 2.45) is 9.98 Å². The van der Waals surface area contributed by atoms with Gasteiger partial charge in [0.2, 0.25) is 0 Å². The summed E-state index contributed by atoms with van der Waals surface area (Å²) in [5.74, 6) is 1.74. The Bertz CT molecular complexity index is 849. The van der Waals surface area contributed by atoms with Gasteiger partial charge in [-0.2, -0.15) is 0 Å². The number of hydrogen-bond acceptors (Lipinski definition) is 2. The van der Waals surface area contributed by atoms with Crippen molar-refractivity contribution >= 4 is 39.1 Å². The van der Waals surface area contributed by atoms with Crippen molar-refractivity contribution in [3.8, 4) is 0 Å². The van der Waals surface area contributed by atoms with Gasteiger partial charge in [0.05, 0.1) is 0 Å². The molecule has 0 heterocycles. The molecule has 2 aromatic carbocycles. The molecule has 168 valence electrons. The van der Waals surface area contributed by atoms with Crippen molar-refractivity contribution in [1.82, 2.24) is 0 Å². The molecule has 0 bridgehead atoms. The monoisotopic (exact) mass is 444 g/mol. The first-order valence-electron chi connectivity index (χ1n) is 12.1. The maximum absolute atomic E-state index is 5.19. The van der Waals surface area contributed by atoms with Crippen molar-refractivity contribution in [2.75, 3.05) is 0 Å². The molecule has 0 spiro atoms. The number of para-hydroxylation sites is 2. The Hall–Kier alpha value is -1.69. The molecule has 0 atom stereocenters. The van der Waals surface area contributed by atoms with Crippen LogP contribution in [0.5, 0.6) is 0 Å². The molecule has 0 aliphatic heterocycles. The molecule has 0 saturated heterocycles. The molecular weight excluding hydrogens is 403 g/mol. The van der Waals surface area contributed by atoms with Gasteiger partial charge in [-0.15, -0.1) is 0 Å². The van der Waals surface area contributed by atoms with Crippen molar-refractivity contribution < 1.29 is 0 Å². The number of benzene rings is 2. The van der Waals surface area contributed by atoms with Gasteiger partial charge in [-0.1, -0.05) is 0 Å². The van der Waals surface area contributed by atoms with Gasteiger partial charge < -0.3 is 0 Å². The second-order valence-corrected chi connectivity index (χ2v) is 10.8. The maximum atomic E-state index is 5.19. The number of aliphatic imine (C=N–C) groups is 2. The zero-order valence-corrected chi connectivity index (χ0v) is 23.0. The Morgan fingerprint density at radius 2 is 0.812 bits per heavy atom. The van der Waals surface area contributed by atoms with Crippen molar-refractivity contribution in [3.05, 3.63) is 58.7 Å². The molecule has 0 aliphatic rings. The van der Waals surface area contributed by atoms with Gasteiger partial charge in [-0.25, -0.2) is 0 Å². The van der Waals surface area contributed by atoms with E-state index in [1.54, 1.807) is 0 Å². The van der Waals surface area contributed by atoms with E-state index in [9.17, 15) is 0 Å². The first-order valence-corrected chi connectivity index (χ1v) is 12.7. The third kappa shape index (κ3) is 6.21. The number of hydrogen-bond donors (Lipinski definition) is 0. The van der Waals surface area contributed by atoms with Crippen LogP contribution in [0.4, 0.5) is 11.4 Å². The molecule has 3 heteroatoms. The molecule has 32 heavy (non-hydrogen) atoms. The second-order valence-electron chi connectivity index (χ2n) is 10.2. The summed E-state index contributed by atoms with van der Waals surface area (Å²) in [5, 5.41) is 0. The summed E-state index contributed by atoms with van der Waals surface area (Å²) < 4.78 is 0.0930. The van der Waals surface area contributed by atoms with Gasteiger partial charge in [0, 0.05) is 0 Å². The molecule has 0 aromatic heterocycles. The number of nitrogens with zero attached hydrogens (tertiary/aromatic N) is 2. The van der Waals surface area contributed by atoms with E-state index >= 15 is 0 Å². The Kier molecular flexibility index (Phi) is 9.50. The third-order valence-corrected chi connectivity index (χ3v) is 7.13. The second kappa shape index (κ2) is 11.4. The summed E-state index contributed by atoms with van der Waals surface area (Å²) in [6, 6.07) is 13.2. The van der Waals surface area contributed by atoms with Crippen LogP contribution in [0.15, 0.2) is 46.4 Å². The van der Waals surface area contributed by atoms with Gasteiger partial charge in [0.25, 0.3) is 0 Å². The molecule has 0 unspecified atom stereocenters. The quantitative estimate of drug-likeness (QED) is 0.287. The van der Waals surface area contributed by atoms with E-state index in [0.29, 0.717) is 23.7 Å². The van der Waals surface area contributed by atoms with E-state index in [2.05, 4.69) is 122 Å². The van der Waals surface area contributed by atoms with Gasteiger partial charge in [0.15, 0.2) is 0 Å². The summed E-state index contributed by atoms with van der Waals surface area (Å²) in [7, 11) is 0. The topological polar surface area (TPSA) is 24.7 Å². The molecule has 2 nitrogen and oxygen atoms in total. The van der Waals surface area contributed by atoms with E-state index in [4.69, 9.17) is 9.98 Å². The Morgan fingerprint density at radius 1 is 0.562 bits per heavy atom. The normalized spacial score (nSPS) is 14.2. The molecule has 0 fully saturated rings. The van der Waals surface area contributed by atoms with Crippen LogP contribution in [0, 0.1) is 0 Å². The molecule has 0 aliphatic carbocycles. The Labute approximate surface area is 205 Å². The van der Waals surface area contributed by atoms with Crippen molar-refractivity contribution in [1.29, 1.82) is 0 Å². The first-order chi connectivity index (χ1) is 15.0. The summed E-state index contributed by atoms with van der Waals surface area (Å²) in [6.45, 7) is 22.2. The Morgan fingerprint density at radius 3 is 1.03 bits per heavy atom. The summed E-state index contributed by atoms with van der Waals surface area (Å²) >= 11 is 2.98. The fraction of sp³-hybridized carbons (Fsp3) is 0.517. The van der Waals surface area contributed by atoms with Crippen LogP contribution in [0.1, 0.15) is 115 Å². The first kappa shape index (κ1) is 26.6. The van der Waals surface area contributed by atoms with Crippen LogP contribution in [0.2, 0.25) is 4.78 Å². The molecule has 0 N–H and O–H groups in total. The van der Waals surface area contributed by atoms with E-state index < -0.39 is 0 Å². The molecule has 0 saturated carbocycles. The van der Waals surface area contributed by atoms with Crippen molar-refractivity contribution in [3.63, 3.8) is 0 Å². The standard InChI is InChI=1S/C29H41N2.Al/c1-18(2)24-13-11-14-25(19(3)4)28(24)30-22(9)17-23(10)31-29-26(20(5)6)15-12-16-27(29)21(7)8;/h11-21H,1-10H3;/q;+2. The Balaban J connectivity index is 2.55. The van der Waals surface area contributed by atoms with Gasteiger partial charge >= 0.3 is 205 Å². The van der Waals surface area contributed by atoms with E-state index in [0.717, 1.165) is 22.8 Å². The minimum absolute atomic E-state index is 0.0930. The zero-order valence-electron chi connectivity index (χ0n) is 21.8. The molecule has 0 amide bonds. The van der Waals surface area contributed by atoms with Crippen LogP contribution in [0.25, 0.3) is 0 Å². The minimum atomic E-state index is 0.0930. The molecule has 0 radical (unpaired) electrons. The summed E-state index contributed by atoms with van der Waals surface area (Å²) in [6.07, 6.45) is 0. The summed E-state index contributed by atoms with van der Waals surface area (Å²) in [4.78, 5) is 10.4. The van der Waals surface area contributed by atoms with Crippen molar-refractivity contribution in [2.45, 2.75) is 97.7 Å². The van der Waals surface area contributed by atoms with E-state index in [-0.39, 0.29) is 4.78 Å². The predicted octanol–water partition coefficient (Wildman–Crippen LogP) is 9.02. The molecule has 2 aromatic rings.